The molecule has 0 aliphatic carbocycles. The monoisotopic (exact) mass is 538 g/mol. The van der Waals surface area contributed by atoms with E-state index >= 15 is 0 Å². The molecule has 3 aliphatic rings. The molecule has 1 aromatic carbocycles. The number of aliphatic hydroxyl groups is 1. The Morgan fingerprint density at radius 2 is 2.18 bits per heavy atom. The van der Waals surface area contributed by atoms with E-state index in [0.29, 0.717) is 48.9 Å². The highest BCUT2D eigenvalue weighted by Gasteiger charge is 2.23. The average Bonchev–Trinajstić information content (AvgIpc) is 3.39. The van der Waals surface area contributed by atoms with Gasteiger partial charge in [0.2, 0.25) is 6.79 Å². The minimum absolute atomic E-state index is 0.0148. The van der Waals surface area contributed by atoms with E-state index in [1.807, 2.05) is 25.4 Å². The molecule has 210 valence electrons. The number of aliphatic hydroxyl groups excluding tert-OH is 1. The molecule has 0 radical (unpaired) electrons. The van der Waals surface area contributed by atoms with Gasteiger partial charge < -0.3 is 39.2 Å². The van der Waals surface area contributed by atoms with Crippen LogP contribution in [-0.2, 0) is 15.9 Å². The molecule has 0 spiro atoms. The molecule has 11 nitrogen and oxygen atoms in total. The van der Waals surface area contributed by atoms with Crippen molar-refractivity contribution < 1.29 is 24.1 Å². The molecule has 1 atom stereocenters. The van der Waals surface area contributed by atoms with Crippen molar-refractivity contribution in [1.82, 2.24) is 25.1 Å². The van der Waals surface area contributed by atoms with Crippen molar-refractivity contribution in [1.29, 1.82) is 0 Å². The number of fused-ring (bicyclic) bond motifs is 4. The highest BCUT2D eigenvalue weighted by atomic mass is 16.7. The van der Waals surface area contributed by atoms with Crippen LogP contribution >= 0.6 is 0 Å². The lowest BCUT2D eigenvalue weighted by Gasteiger charge is -2.27. The second-order valence-electron chi connectivity index (χ2n) is 9.97. The minimum Gasteiger partial charge on any atom is -0.479 e. The lowest BCUT2D eigenvalue weighted by molar-refractivity contribution is 0.0647. The Balaban J connectivity index is 1.53. The third kappa shape index (κ3) is 6.85. The topological polar surface area (TPSA) is 114 Å². The first-order valence-electron chi connectivity index (χ1n) is 13.7. The summed E-state index contributed by atoms with van der Waals surface area (Å²) in [6.45, 7) is 7.48. The minimum atomic E-state index is 0.0148. The van der Waals surface area contributed by atoms with E-state index in [2.05, 4.69) is 38.2 Å². The lowest BCUT2D eigenvalue weighted by atomic mass is 10.1. The van der Waals surface area contributed by atoms with Crippen molar-refractivity contribution in [2.45, 2.75) is 32.3 Å². The summed E-state index contributed by atoms with van der Waals surface area (Å²) in [4.78, 5) is 18.0. The zero-order valence-corrected chi connectivity index (χ0v) is 22.8. The predicted molar refractivity (Wildman–Crippen MR) is 146 cm³/mol. The zero-order chi connectivity index (χ0) is 27.0. The number of benzene rings is 1. The maximum absolute atomic E-state index is 9.15. The maximum Gasteiger partial charge on any atom is 0.231 e. The van der Waals surface area contributed by atoms with Crippen molar-refractivity contribution in [2.75, 3.05) is 66.4 Å². The molecule has 11 heteroatoms. The van der Waals surface area contributed by atoms with Crippen LogP contribution in [0.3, 0.4) is 0 Å². The SMILES string of the molecule is CC1Cc2cncnc2N=c2c3c(cc4c2=CN(CCNCCCO1)C(OCCCN(C)CCO)=C4)OCO3. The van der Waals surface area contributed by atoms with Gasteiger partial charge in [-0.15, -0.1) is 0 Å². The summed E-state index contributed by atoms with van der Waals surface area (Å²) in [6.07, 6.45) is 9.91. The van der Waals surface area contributed by atoms with Crippen LogP contribution in [-0.4, -0.2) is 97.4 Å². The van der Waals surface area contributed by atoms with Crippen molar-refractivity contribution in [2.24, 2.45) is 4.99 Å². The van der Waals surface area contributed by atoms with Crippen LogP contribution in [0.2, 0.25) is 0 Å². The first-order valence-corrected chi connectivity index (χ1v) is 13.7. The number of hydrogen-bond donors (Lipinski definition) is 2. The Bertz CT molecular complexity index is 1290. The first kappa shape index (κ1) is 27.3. The van der Waals surface area contributed by atoms with Crippen LogP contribution in [0.15, 0.2) is 29.5 Å². The third-order valence-corrected chi connectivity index (χ3v) is 6.89. The number of rotatable bonds is 7. The Labute approximate surface area is 228 Å². The Morgan fingerprint density at radius 3 is 3.08 bits per heavy atom. The molecular formula is C28H38N6O5. The van der Waals surface area contributed by atoms with Crippen LogP contribution in [0.1, 0.15) is 30.9 Å². The van der Waals surface area contributed by atoms with E-state index in [4.69, 9.17) is 29.0 Å². The van der Waals surface area contributed by atoms with Gasteiger partial charge in [-0.3, -0.25) is 0 Å². The van der Waals surface area contributed by atoms with Crippen molar-refractivity contribution in [3.8, 4) is 11.5 Å². The first-order chi connectivity index (χ1) is 19.1. The normalized spacial score (nSPS) is 19.1. The molecule has 0 saturated heterocycles. The fourth-order valence-electron chi connectivity index (χ4n) is 4.83. The number of hydrogen-bond acceptors (Lipinski definition) is 11. The Morgan fingerprint density at radius 1 is 1.26 bits per heavy atom. The number of likely N-dealkylation sites (N-methyl/N-ethyl adjacent to an activating group) is 1. The standard InChI is InChI=1S/C28H38N6O5/c1-20-13-22-16-30-18-31-28(22)32-26-23-17-34(8-6-29-5-3-11-36-20)25(37-12-4-7-33(2)9-10-35)15-21(23)14-24-27(26)39-19-38-24/h14-18,20,29,35H,3-13,19H2,1-2H3. The summed E-state index contributed by atoms with van der Waals surface area (Å²) < 4.78 is 24.0. The van der Waals surface area contributed by atoms with Crippen molar-refractivity contribution >= 4 is 18.1 Å². The number of nitrogens with one attached hydrogen (secondary N) is 1. The molecule has 39 heavy (non-hydrogen) atoms. The van der Waals surface area contributed by atoms with Crippen molar-refractivity contribution in [3.63, 3.8) is 0 Å². The second kappa shape index (κ2) is 13.2. The van der Waals surface area contributed by atoms with Gasteiger partial charge in [0.1, 0.15) is 11.7 Å². The van der Waals surface area contributed by atoms with Crippen LogP contribution < -0.4 is 25.4 Å². The van der Waals surface area contributed by atoms with Gasteiger partial charge in [-0.1, -0.05) is 0 Å². The molecule has 0 saturated carbocycles. The van der Waals surface area contributed by atoms with Gasteiger partial charge in [0, 0.05) is 68.5 Å². The molecule has 5 rings (SSSR count). The van der Waals surface area contributed by atoms with E-state index in [9.17, 15) is 0 Å². The smallest absolute Gasteiger partial charge is 0.231 e. The van der Waals surface area contributed by atoms with E-state index < -0.39 is 0 Å². The average molecular weight is 539 g/mol. The molecule has 2 bridgehead atoms. The third-order valence-electron chi connectivity index (χ3n) is 6.89. The Hall–Kier alpha value is -3.25. The summed E-state index contributed by atoms with van der Waals surface area (Å²) in [6, 6.07) is 1.98. The number of aromatic nitrogens is 2. The van der Waals surface area contributed by atoms with E-state index in [1.54, 1.807) is 0 Å². The van der Waals surface area contributed by atoms with Gasteiger partial charge >= 0.3 is 0 Å². The largest absolute Gasteiger partial charge is 0.479 e. The molecule has 1 unspecified atom stereocenters. The summed E-state index contributed by atoms with van der Waals surface area (Å²) in [7, 11) is 2.00. The van der Waals surface area contributed by atoms with Crippen LogP contribution in [0.25, 0.3) is 12.3 Å². The van der Waals surface area contributed by atoms with E-state index in [-0.39, 0.29) is 19.5 Å². The molecule has 2 N–H and O–H groups in total. The van der Waals surface area contributed by atoms with Gasteiger partial charge in [0.15, 0.2) is 23.2 Å². The molecule has 0 fully saturated rings. The summed E-state index contributed by atoms with van der Waals surface area (Å²) in [5.74, 6) is 2.64. The summed E-state index contributed by atoms with van der Waals surface area (Å²) >= 11 is 0. The Kier molecular flexibility index (Phi) is 9.25. The highest BCUT2D eigenvalue weighted by Crippen LogP contribution is 2.30. The quantitative estimate of drug-likeness (QED) is 0.491. The van der Waals surface area contributed by atoms with E-state index in [1.165, 1.54) is 6.33 Å². The van der Waals surface area contributed by atoms with Crippen LogP contribution in [0.4, 0.5) is 5.82 Å². The van der Waals surface area contributed by atoms with Gasteiger partial charge in [0.25, 0.3) is 0 Å². The van der Waals surface area contributed by atoms with Crippen LogP contribution in [0, 0.1) is 0 Å². The highest BCUT2D eigenvalue weighted by molar-refractivity contribution is 5.63. The number of ether oxygens (including phenoxy) is 4. The molecule has 3 aliphatic heterocycles. The number of nitrogens with zero attached hydrogens (tertiary/aromatic N) is 5. The van der Waals surface area contributed by atoms with Gasteiger partial charge in [-0.05, 0) is 45.0 Å². The maximum atomic E-state index is 9.15. The molecule has 2 aromatic rings. The second-order valence-corrected chi connectivity index (χ2v) is 9.97. The lowest BCUT2D eigenvalue weighted by Crippen LogP contribution is -2.38. The zero-order valence-electron chi connectivity index (χ0n) is 22.8. The molecule has 4 heterocycles. The summed E-state index contributed by atoms with van der Waals surface area (Å²) in [5.41, 5.74) is 1.86. The van der Waals surface area contributed by atoms with Crippen molar-refractivity contribution in [3.05, 3.63) is 46.2 Å². The van der Waals surface area contributed by atoms with Gasteiger partial charge in [0.05, 0.1) is 19.3 Å². The van der Waals surface area contributed by atoms with Gasteiger partial charge in [-0.2, -0.15) is 0 Å². The molecule has 0 amide bonds. The fourth-order valence-corrected chi connectivity index (χ4v) is 4.83. The van der Waals surface area contributed by atoms with Crippen LogP contribution in [0.5, 0.6) is 11.5 Å². The van der Waals surface area contributed by atoms with Gasteiger partial charge in [-0.25, -0.2) is 15.0 Å². The molecule has 1 aromatic heterocycles. The fraction of sp³-hybridized carbons (Fsp3) is 0.536. The van der Waals surface area contributed by atoms with E-state index in [0.717, 1.165) is 61.2 Å². The molecular weight excluding hydrogens is 500 g/mol. The predicted octanol–water partition coefficient (Wildman–Crippen LogP) is 0.780. The summed E-state index contributed by atoms with van der Waals surface area (Å²) in [5, 5.41) is 14.3.